The standard InChI is InChI=1S/C15H22N2O2S.ClH/c1-11-3-4-15(12(2)7-11)20(18,19)17-6-5-13-8-16-9-14(13)10-17;/h3-4,7,13-14,16H,5-6,8-10H2,1-2H3;1H. The minimum atomic E-state index is -3.34. The Morgan fingerprint density at radius 2 is 1.90 bits per heavy atom. The Kier molecular flexibility index (Phi) is 4.98. The lowest BCUT2D eigenvalue weighted by atomic mass is 9.90. The molecular weight excluding hydrogens is 308 g/mol. The monoisotopic (exact) mass is 330 g/mol. The van der Waals surface area contributed by atoms with Crippen molar-refractivity contribution in [2.24, 2.45) is 11.8 Å². The number of rotatable bonds is 2. The van der Waals surface area contributed by atoms with Crippen LogP contribution in [-0.4, -0.2) is 38.9 Å². The molecule has 3 rings (SSSR count). The number of benzene rings is 1. The van der Waals surface area contributed by atoms with E-state index in [2.05, 4.69) is 5.32 Å². The summed E-state index contributed by atoms with van der Waals surface area (Å²) in [6.45, 7) is 7.17. The minimum Gasteiger partial charge on any atom is -0.316 e. The average molecular weight is 331 g/mol. The summed E-state index contributed by atoms with van der Waals surface area (Å²) in [6.07, 6.45) is 0.974. The molecule has 0 bridgehead atoms. The molecule has 2 unspecified atom stereocenters. The summed E-state index contributed by atoms with van der Waals surface area (Å²) < 4.78 is 27.3. The van der Waals surface area contributed by atoms with Gasteiger partial charge in [0.1, 0.15) is 0 Å². The number of fused-ring (bicyclic) bond motifs is 1. The van der Waals surface area contributed by atoms with Gasteiger partial charge in [0.25, 0.3) is 0 Å². The van der Waals surface area contributed by atoms with Crippen molar-refractivity contribution in [3.63, 3.8) is 0 Å². The van der Waals surface area contributed by atoms with Crippen molar-refractivity contribution in [1.82, 2.24) is 9.62 Å². The van der Waals surface area contributed by atoms with Crippen molar-refractivity contribution < 1.29 is 8.42 Å². The van der Waals surface area contributed by atoms with E-state index in [1.807, 2.05) is 26.0 Å². The maximum Gasteiger partial charge on any atom is 0.243 e. The molecule has 4 nitrogen and oxygen atoms in total. The molecule has 2 aliphatic heterocycles. The maximum atomic E-state index is 12.8. The van der Waals surface area contributed by atoms with E-state index in [1.54, 1.807) is 10.4 Å². The molecule has 0 aromatic heterocycles. The Morgan fingerprint density at radius 1 is 1.19 bits per heavy atom. The third kappa shape index (κ3) is 3.11. The highest BCUT2D eigenvalue weighted by Crippen LogP contribution is 2.31. The van der Waals surface area contributed by atoms with Crippen LogP contribution in [-0.2, 0) is 10.0 Å². The summed E-state index contributed by atoms with van der Waals surface area (Å²) in [7, 11) is -3.34. The van der Waals surface area contributed by atoms with Crippen molar-refractivity contribution in [2.75, 3.05) is 26.2 Å². The third-order valence-electron chi connectivity index (χ3n) is 4.62. The lowest BCUT2D eigenvalue weighted by molar-refractivity contribution is 0.228. The third-order valence-corrected chi connectivity index (χ3v) is 6.64. The van der Waals surface area contributed by atoms with Gasteiger partial charge in [-0.25, -0.2) is 8.42 Å². The summed E-state index contributed by atoms with van der Waals surface area (Å²) in [5.41, 5.74) is 1.94. The molecule has 2 fully saturated rings. The molecule has 118 valence electrons. The van der Waals surface area contributed by atoms with Crippen LogP contribution in [0.2, 0.25) is 0 Å². The highest BCUT2D eigenvalue weighted by Gasteiger charge is 2.38. The average Bonchev–Trinajstić information content (AvgIpc) is 2.85. The van der Waals surface area contributed by atoms with Crippen molar-refractivity contribution >= 4 is 22.4 Å². The van der Waals surface area contributed by atoms with E-state index in [1.165, 1.54) is 0 Å². The summed E-state index contributed by atoms with van der Waals surface area (Å²) in [4.78, 5) is 0.465. The first-order chi connectivity index (χ1) is 9.48. The van der Waals surface area contributed by atoms with E-state index >= 15 is 0 Å². The van der Waals surface area contributed by atoms with Crippen LogP contribution in [0.25, 0.3) is 0 Å². The van der Waals surface area contributed by atoms with Gasteiger partial charge in [0.05, 0.1) is 4.90 Å². The Labute approximate surface area is 133 Å². The van der Waals surface area contributed by atoms with Crippen LogP contribution in [0.5, 0.6) is 0 Å². The Balaban J connectivity index is 0.00000161. The van der Waals surface area contributed by atoms with Gasteiger partial charge in [-0.2, -0.15) is 4.31 Å². The molecule has 1 aromatic carbocycles. The quantitative estimate of drug-likeness (QED) is 0.901. The second kappa shape index (κ2) is 6.24. The van der Waals surface area contributed by atoms with Crippen molar-refractivity contribution in [3.8, 4) is 0 Å². The number of sulfonamides is 1. The largest absolute Gasteiger partial charge is 0.316 e. The molecule has 21 heavy (non-hydrogen) atoms. The zero-order chi connectivity index (χ0) is 14.3. The molecule has 0 spiro atoms. The Hall–Kier alpha value is -0.620. The predicted octanol–water partition coefficient (Wildman–Crippen LogP) is 1.96. The van der Waals surface area contributed by atoms with E-state index in [9.17, 15) is 8.42 Å². The first kappa shape index (κ1) is 16.7. The van der Waals surface area contributed by atoms with Gasteiger partial charge >= 0.3 is 0 Å². The first-order valence-electron chi connectivity index (χ1n) is 7.26. The molecule has 2 saturated heterocycles. The SMILES string of the molecule is Cc1ccc(S(=O)(=O)N2CCC3CNCC3C2)c(C)c1.Cl. The van der Waals surface area contributed by atoms with Crippen molar-refractivity contribution in [2.45, 2.75) is 25.2 Å². The lowest BCUT2D eigenvalue weighted by Crippen LogP contribution is -2.43. The number of piperidine rings is 1. The lowest BCUT2D eigenvalue weighted by Gasteiger charge is -2.33. The summed E-state index contributed by atoms with van der Waals surface area (Å²) >= 11 is 0. The smallest absolute Gasteiger partial charge is 0.243 e. The zero-order valence-electron chi connectivity index (χ0n) is 12.5. The number of hydrogen-bond donors (Lipinski definition) is 1. The zero-order valence-corrected chi connectivity index (χ0v) is 14.1. The van der Waals surface area contributed by atoms with E-state index in [4.69, 9.17) is 0 Å². The van der Waals surface area contributed by atoms with Crippen LogP contribution in [0.1, 0.15) is 17.5 Å². The molecule has 2 aliphatic rings. The maximum absolute atomic E-state index is 12.8. The second-order valence-corrected chi connectivity index (χ2v) is 8.01. The number of nitrogens with zero attached hydrogens (tertiary/aromatic N) is 1. The molecule has 0 aliphatic carbocycles. The number of halogens is 1. The van der Waals surface area contributed by atoms with Gasteiger partial charge in [0.15, 0.2) is 0 Å². The fourth-order valence-electron chi connectivity index (χ4n) is 3.45. The van der Waals surface area contributed by atoms with Gasteiger partial charge in [-0.05, 0) is 56.8 Å². The van der Waals surface area contributed by atoms with E-state index in [-0.39, 0.29) is 12.4 Å². The minimum absolute atomic E-state index is 0. The van der Waals surface area contributed by atoms with E-state index in [0.717, 1.165) is 30.6 Å². The number of nitrogens with one attached hydrogen (secondary N) is 1. The highest BCUT2D eigenvalue weighted by atomic mass is 35.5. The fraction of sp³-hybridized carbons (Fsp3) is 0.600. The Morgan fingerprint density at radius 3 is 2.62 bits per heavy atom. The van der Waals surface area contributed by atoms with Crippen LogP contribution in [0.15, 0.2) is 23.1 Å². The van der Waals surface area contributed by atoms with Gasteiger partial charge in [0, 0.05) is 13.1 Å². The summed E-state index contributed by atoms with van der Waals surface area (Å²) in [6, 6.07) is 5.57. The predicted molar refractivity (Wildman–Crippen MR) is 86.4 cm³/mol. The van der Waals surface area contributed by atoms with Gasteiger partial charge in [-0.15, -0.1) is 12.4 Å². The van der Waals surface area contributed by atoms with Crippen LogP contribution < -0.4 is 5.32 Å². The highest BCUT2D eigenvalue weighted by molar-refractivity contribution is 7.89. The van der Waals surface area contributed by atoms with Crippen LogP contribution in [0, 0.1) is 25.7 Å². The topological polar surface area (TPSA) is 49.4 Å². The second-order valence-electron chi connectivity index (χ2n) is 6.10. The Bertz CT molecular complexity index is 618. The molecule has 0 radical (unpaired) electrons. The van der Waals surface area contributed by atoms with Crippen LogP contribution >= 0.6 is 12.4 Å². The molecule has 0 amide bonds. The van der Waals surface area contributed by atoms with Gasteiger partial charge in [0.2, 0.25) is 10.0 Å². The summed E-state index contributed by atoms with van der Waals surface area (Å²) in [5.74, 6) is 1.13. The van der Waals surface area contributed by atoms with Gasteiger partial charge in [-0.3, -0.25) is 0 Å². The number of hydrogen-bond acceptors (Lipinski definition) is 3. The molecule has 1 aromatic rings. The fourth-order valence-corrected chi connectivity index (χ4v) is 5.17. The molecule has 6 heteroatoms. The molecule has 0 saturated carbocycles. The number of aryl methyl sites for hydroxylation is 2. The van der Waals surface area contributed by atoms with Crippen LogP contribution in [0.4, 0.5) is 0 Å². The molecule has 1 N–H and O–H groups in total. The van der Waals surface area contributed by atoms with E-state index < -0.39 is 10.0 Å². The van der Waals surface area contributed by atoms with Gasteiger partial charge in [-0.1, -0.05) is 17.7 Å². The van der Waals surface area contributed by atoms with E-state index in [0.29, 0.717) is 29.8 Å². The molecular formula is C15H23ClN2O2S. The van der Waals surface area contributed by atoms with Crippen molar-refractivity contribution in [1.29, 1.82) is 0 Å². The van der Waals surface area contributed by atoms with Crippen LogP contribution in [0.3, 0.4) is 0 Å². The molecule has 2 heterocycles. The van der Waals surface area contributed by atoms with Gasteiger partial charge < -0.3 is 5.32 Å². The normalized spacial score (nSPS) is 26.2. The van der Waals surface area contributed by atoms with Crippen molar-refractivity contribution in [3.05, 3.63) is 29.3 Å². The summed E-state index contributed by atoms with van der Waals surface area (Å²) in [5, 5.41) is 3.37. The first-order valence-corrected chi connectivity index (χ1v) is 8.70. The molecule has 2 atom stereocenters.